The molecule has 1 atom stereocenters. The van der Waals surface area contributed by atoms with Crippen molar-refractivity contribution < 1.29 is 0 Å². The van der Waals surface area contributed by atoms with E-state index in [1.54, 1.807) is 6.20 Å². The maximum absolute atomic E-state index is 5.60. The van der Waals surface area contributed by atoms with Gasteiger partial charge < -0.3 is 10.6 Å². The van der Waals surface area contributed by atoms with Crippen molar-refractivity contribution in [1.29, 1.82) is 0 Å². The zero-order chi connectivity index (χ0) is 8.39. The minimum atomic E-state index is 0.660. The molecule has 1 aromatic rings. The third-order valence-electron chi connectivity index (χ3n) is 2.45. The van der Waals surface area contributed by atoms with Crippen LogP contribution in [0, 0.1) is 5.92 Å². The lowest BCUT2D eigenvalue weighted by Crippen LogP contribution is -2.22. The topological polar surface area (TPSA) is 57.9 Å². The Bertz CT molecular complexity index is 231. The van der Waals surface area contributed by atoms with Crippen molar-refractivity contribution >= 4 is 5.82 Å². The summed E-state index contributed by atoms with van der Waals surface area (Å²) in [6.45, 7) is 2.97. The molecule has 0 aromatic carbocycles. The smallest absolute Gasteiger partial charge is 0.123 e. The Morgan fingerprint density at radius 2 is 2.67 bits per heavy atom. The standard InChI is InChI=1S/C8H14N4/c9-5-7-2-4-12(6-7)8-1-3-10-11-8/h1,3,7H,2,4-6,9H2,(H,10,11). The monoisotopic (exact) mass is 166 g/mol. The normalized spacial score (nSPS) is 23.4. The van der Waals surface area contributed by atoms with Crippen LogP contribution in [0.1, 0.15) is 6.42 Å². The molecule has 0 saturated carbocycles. The van der Waals surface area contributed by atoms with E-state index >= 15 is 0 Å². The molecule has 0 amide bonds. The Kier molecular flexibility index (Phi) is 1.99. The molecule has 66 valence electrons. The van der Waals surface area contributed by atoms with Crippen molar-refractivity contribution in [1.82, 2.24) is 10.2 Å². The van der Waals surface area contributed by atoms with Gasteiger partial charge in [0.05, 0.1) is 6.20 Å². The summed E-state index contributed by atoms with van der Waals surface area (Å²) in [5.41, 5.74) is 5.60. The van der Waals surface area contributed by atoms with Crippen molar-refractivity contribution in [2.24, 2.45) is 11.7 Å². The second kappa shape index (κ2) is 3.15. The van der Waals surface area contributed by atoms with Gasteiger partial charge in [-0.3, -0.25) is 5.10 Å². The van der Waals surface area contributed by atoms with Gasteiger partial charge in [-0.05, 0) is 18.9 Å². The molecule has 1 unspecified atom stereocenters. The second-order valence-electron chi connectivity index (χ2n) is 3.28. The maximum Gasteiger partial charge on any atom is 0.123 e. The van der Waals surface area contributed by atoms with Crippen LogP contribution in [0.3, 0.4) is 0 Å². The lowest BCUT2D eigenvalue weighted by atomic mass is 10.1. The number of H-pyrrole nitrogens is 1. The zero-order valence-corrected chi connectivity index (χ0v) is 7.03. The summed E-state index contributed by atoms with van der Waals surface area (Å²) in [6.07, 6.45) is 2.99. The van der Waals surface area contributed by atoms with Gasteiger partial charge in [0.25, 0.3) is 0 Å². The van der Waals surface area contributed by atoms with E-state index < -0.39 is 0 Å². The van der Waals surface area contributed by atoms with Gasteiger partial charge in [0.2, 0.25) is 0 Å². The maximum atomic E-state index is 5.60. The predicted octanol–water partition coefficient (Wildman–Crippen LogP) is 0.195. The van der Waals surface area contributed by atoms with Crippen molar-refractivity contribution in [3.63, 3.8) is 0 Å². The van der Waals surface area contributed by atoms with Gasteiger partial charge in [0, 0.05) is 19.2 Å². The van der Waals surface area contributed by atoms with Crippen molar-refractivity contribution in [3.05, 3.63) is 12.3 Å². The molecule has 2 rings (SSSR count). The third kappa shape index (κ3) is 1.30. The number of nitrogens with one attached hydrogen (secondary N) is 1. The lowest BCUT2D eigenvalue weighted by molar-refractivity contribution is 0.602. The zero-order valence-electron chi connectivity index (χ0n) is 7.03. The second-order valence-corrected chi connectivity index (χ2v) is 3.28. The molecule has 3 N–H and O–H groups in total. The van der Waals surface area contributed by atoms with Crippen LogP contribution in [0.25, 0.3) is 0 Å². The van der Waals surface area contributed by atoms with Crippen molar-refractivity contribution in [3.8, 4) is 0 Å². The summed E-state index contributed by atoms with van der Waals surface area (Å²) < 4.78 is 0. The minimum Gasteiger partial charge on any atom is -0.357 e. The minimum absolute atomic E-state index is 0.660. The molecule has 0 radical (unpaired) electrons. The van der Waals surface area contributed by atoms with E-state index in [9.17, 15) is 0 Å². The number of rotatable bonds is 2. The fourth-order valence-corrected chi connectivity index (χ4v) is 1.67. The molecule has 4 heteroatoms. The highest BCUT2D eigenvalue weighted by atomic mass is 15.3. The molecule has 1 aromatic heterocycles. The van der Waals surface area contributed by atoms with Crippen LogP contribution in [-0.4, -0.2) is 29.8 Å². The van der Waals surface area contributed by atoms with E-state index in [1.165, 1.54) is 6.42 Å². The first-order valence-electron chi connectivity index (χ1n) is 4.34. The van der Waals surface area contributed by atoms with Crippen molar-refractivity contribution in [2.75, 3.05) is 24.5 Å². The fraction of sp³-hybridized carbons (Fsp3) is 0.625. The number of aromatic amines is 1. The van der Waals surface area contributed by atoms with Crippen LogP contribution >= 0.6 is 0 Å². The molecule has 1 saturated heterocycles. The Labute approximate surface area is 71.7 Å². The highest BCUT2D eigenvalue weighted by Crippen LogP contribution is 2.20. The molecule has 0 aliphatic carbocycles. The summed E-state index contributed by atoms with van der Waals surface area (Å²) >= 11 is 0. The van der Waals surface area contributed by atoms with E-state index in [2.05, 4.69) is 15.1 Å². The summed E-state index contributed by atoms with van der Waals surface area (Å²) in [7, 11) is 0. The average Bonchev–Trinajstić information content (AvgIpc) is 2.75. The van der Waals surface area contributed by atoms with E-state index in [4.69, 9.17) is 5.73 Å². The first-order valence-corrected chi connectivity index (χ1v) is 4.34. The Morgan fingerprint density at radius 1 is 1.75 bits per heavy atom. The van der Waals surface area contributed by atoms with Gasteiger partial charge >= 0.3 is 0 Å². The van der Waals surface area contributed by atoms with Crippen LogP contribution in [-0.2, 0) is 0 Å². The third-order valence-corrected chi connectivity index (χ3v) is 2.45. The molecule has 4 nitrogen and oxygen atoms in total. The quantitative estimate of drug-likeness (QED) is 0.659. The molecule has 0 spiro atoms. The van der Waals surface area contributed by atoms with Crippen LogP contribution in [0.5, 0.6) is 0 Å². The highest BCUT2D eigenvalue weighted by molar-refractivity contribution is 5.37. The Hall–Kier alpha value is -1.03. The predicted molar refractivity (Wildman–Crippen MR) is 48.0 cm³/mol. The Balaban J connectivity index is 2.00. The molecule has 1 aliphatic rings. The Morgan fingerprint density at radius 3 is 3.25 bits per heavy atom. The fourth-order valence-electron chi connectivity index (χ4n) is 1.67. The molecule has 1 fully saturated rings. The van der Waals surface area contributed by atoms with Crippen LogP contribution in [0.2, 0.25) is 0 Å². The number of aromatic nitrogens is 2. The largest absolute Gasteiger partial charge is 0.357 e. The molecular weight excluding hydrogens is 152 g/mol. The number of hydrogen-bond donors (Lipinski definition) is 2. The van der Waals surface area contributed by atoms with E-state index in [0.717, 1.165) is 25.5 Å². The van der Waals surface area contributed by atoms with Crippen LogP contribution in [0.4, 0.5) is 5.82 Å². The van der Waals surface area contributed by atoms with Gasteiger partial charge in [-0.15, -0.1) is 0 Å². The van der Waals surface area contributed by atoms with Gasteiger partial charge in [-0.25, -0.2) is 0 Å². The molecular formula is C8H14N4. The first-order chi connectivity index (χ1) is 5.90. The van der Waals surface area contributed by atoms with Gasteiger partial charge in [-0.2, -0.15) is 5.10 Å². The molecule has 2 heterocycles. The SMILES string of the molecule is NCC1CCN(c2ccn[nH]2)C1. The summed E-state index contributed by atoms with van der Waals surface area (Å²) in [4.78, 5) is 2.30. The number of hydrogen-bond acceptors (Lipinski definition) is 3. The van der Waals surface area contributed by atoms with Gasteiger partial charge in [0.15, 0.2) is 0 Å². The summed E-state index contributed by atoms with van der Waals surface area (Å²) in [5.74, 6) is 1.78. The van der Waals surface area contributed by atoms with Crippen molar-refractivity contribution in [2.45, 2.75) is 6.42 Å². The number of nitrogens with two attached hydrogens (primary N) is 1. The number of anilines is 1. The van der Waals surface area contributed by atoms with Crippen LogP contribution in [0.15, 0.2) is 12.3 Å². The van der Waals surface area contributed by atoms with E-state index in [-0.39, 0.29) is 0 Å². The van der Waals surface area contributed by atoms with E-state index in [1.807, 2.05) is 6.07 Å². The average molecular weight is 166 g/mol. The summed E-state index contributed by atoms with van der Waals surface area (Å²) in [6, 6.07) is 2.00. The first kappa shape index (κ1) is 7.61. The molecule has 12 heavy (non-hydrogen) atoms. The highest BCUT2D eigenvalue weighted by Gasteiger charge is 2.21. The molecule has 0 bridgehead atoms. The van der Waals surface area contributed by atoms with Crippen LogP contribution < -0.4 is 10.6 Å². The number of nitrogens with zero attached hydrogens (tertiary/aromatic N) is 2. The summed E-state index contributed by atoms with van der Waals surface area (Å²) in [5, 5.41) is 6.88. The lowest BCUT2D eigenvalue weighted by Gasteiger charge is -2.14. The van der Waals surface area contributed by atoms with E-state index in [0.29, 0.717) is 5.92 Å². The van der Waals surface area contributed by atoms with Gasteiger partial charge in [0.1, 0.15) is 5.82 Å². The molecule has 1 aliphatic heterocycles. The van der Waals surface area contributed by atoms with Gasteiger partial charge in [-0.1, -0.05) is 0 Å².